The normalized spacial score (nSPS) is 9.67. The van der Waals surface area contributed by atoms with Crippen LogP contribution in [0.4, 0.5) is 5.13 Å². The summed E-state index contributed by atoms with van der Waals surface area (Å²) in [6.45, 7) is 0.135. The Hall–Kier alpha value is -1.63. The molecule has 0 spiro atoms. The first-order valence-corrected chi connectivity index (χ1v) is 5.10. The highest BCUT2D eigenvalue weighted by Crippen LogP contribution is 2.15. The molecule has 0 aliphatic heterocycles. The molecular weight excluding hydrogens is 218 g/mol. The molecule has 15 heavy (non-hydrogen) atoms. The van der Waals surface area contributed by atoms with E-state index in [0.717, 1.165) is 0 Å². The van der Waals surface area contributed by atoms with Gasteiger partial charge in [-0.2, -0.15) is 0 Å². The molecule has 0 bridgehead atoms. The van der Waals surface area contributed by atoms with Crippen LogP contribution in [-0.4, -0.2) is 35.6 Å². The van der Waals surface area contributed by atoms with Crippen LogP contribution in [0.2, 0.25) is 0 Å². The van der Waals surface area contributed by atoms with Crippen molar-refractivity contribution in [2.45, 2.75) is 6.42 Å². The van der Waals surface area contributed by atoms with E-state index in [1.165, 1.54) is 11.3 Å². The van der Waals surface area contributed by atoms with Crippen LogP contribution in [-0.2, 0) is 16.0 Å². The number of carboxylic acids is 1. The Morgan fingerprint density at radius 1 is 1.60 bits per heavy atom. The fourth-order valence-corrected chi connectivity index (χ4v) is 1.58. The molecule has 0 aliphatic rings. The second kappa shape index (κ2) is 5.30. The van der Waals surface area contributed by atoms with Crippen molar-refractivity contribution >= 4 is 28.3 Å². The maximum atomic E-state index is 10.9. The monoisotopic (exact) mass is 229 g/mol. The van der Waals surface area contributed by atoms with E-state index in [-0.39, 0.29) is 18.9 Å². The highest BCUT2D eigenvalue weighted by molar-refractivity contribution is 7.13. The van der Waals surface area contributed by atoms with Crippen LogP contribution in [0.3, 0.4) is 0 Å². The molecule has 0 aromatic carbocycles. The van der Waals surface area contributed by atoms with Gasteiger partial charge in [0, 0.05) is 12.4 Å². The van der Waals surface area contributed by atoms with Crippen molar-refractivity contribution in [3.05, 3.63) is 11.1 Å². The van der Waals surface area contributed by atoms with Gasteiger partial charge in [0.15, 0.2) is 5.13 Å². The molecule has 6 nitrogen and oxygen atoms in total. The molecule has 0 radical (unpaired) electrons. The minimum atomic E-state index is -0.918. The van der Waals surface area contributed by atoms with Crippen molar-refractivity contribution in [2.75, 3.05) is 18.9 Å². The van der Waals surface area contributed by atoms with Gasteiger partial charge in [-0.25, -0.2) is 4.98 Å². The smallest absolute Gasteiger partial charge is 0.309 e. The zero-order chi connectivity index (χ0) is 11.3. The number of rotatable bonds is 5. The van der Waals surface area contributed by atoms with Gasteiger partial charge in [-0.05, 0) is 0 Å². The van der Waals surface area contributed by atoms with Crippen LogP contribution in [0.15, 0.2) is 5.38 Å². The van der Waals surface area contributed by atoms with Crippen molar-refractivity contribution in [1.29, 1.82) is 0 Å². The molecule has 0 aliphatic carbocycles. The second-order valence-electron chi connectivity index (χ2n) is 2.74. The Balaban J connectivity index is 2.46. The lowest BCUT2D eigenvalue weighted by atomic mass is 10.3. The number of nitrogens with one attached hydrogen (secondary N) is 2. The highest BCUT2D eigenvalue weighted by atomic mass is 32.1. The van der Waals surface area contributed by atoms with Crippen LogP contribution >= 0.6 is 11.3 Å². The summed E-state index contributed by atoms with van der Waals surface area (Å²) in [6, 6.07) is 0. The molecule has 1 rings (SSSR count). The molecule has 1 aromatic rings. The van der Waals surface area contributed by atoms with Crippen molar-refractivity contribution in [3.63, 3.8) is 0 Å². The lowest BCUT2D eigenvalue weighted by Gasteiger charge is -1.99. The Morgan fingerprint density at radius 3 is 2.93 bits per heavy atom. The van der Waals surface area contributed by atoms with Crippen molar-refractivity contribution < 1.29 is 14.7 Å². The van der Waals surface area contributed by atoms with Gasteiger partial charge in [0.2, 0.25) is 5.91 Å². The van der Waals surface area contributed by atoms with Gasteiger partial charge in [0.1, 0.15) is 0 Å². The average Bonchev–Trinajstić information content (AvgIpc) is 2.61. The fourth-order valence-electron chi connectivity index (χ4n) is 0.869. The van der Waals surface area contributed by atoms with Gasteiger partial charge in [-0.3, -0.25) is 9.59 Å². The number of thiazole rings is 1. The summed E-state index contributed by atoms with van der Waals surface area (Å²) in [6.07, 6.45) is -0.0991. The first-order chi connectivity index (χ1) is 7.11. The van der Waals surface area contributed by atoms with Crippen LogP contribution in [0.25, 0.3) is 0 Å². The molecule has 1 amide bonds. The summed E-state index contributed by atoms with van der Waals surface area (Å²) in [7, 11) is 1.54. The van der Waals surface area contributed by atoms with Crippen molar-refractivity contribution in [2.24, 2.45) is 0 Å². The molecule has 3 N–H and O–H groups in total. The average molecular weight is 229 g/mol. The largest absolute Gasteiger partial charge is 0.481 e. The molecule has 1 heterocycles. The minimum absolute atomic E-state index is 0.0991. The van der Waals surface area contributed by atoms with Gasteiger partial charge >= 0.3 is 5.97 Å². The van der Waals surface area contributed by atoms with E-state index in [9.17, 15) is 9.59 Å². The predicted molar refractivity (Wildman–Crippen MR) is 56.0 cm³/mol. The van der Waals surface area contributed by atoms with Gasteiger partial charge in [0.25, 0.3) is 0 Å². The summed E-state index contributed by atoms with van der Waals surface area (Å²) >= 11 is 1.28. The summed E-state index contributed by atoms with van der Waals surface area (Å²) < 4.78 is 0. The number of hydrogen-bond donors (Lipinski definition) is 3. The van der Waals surface area contributed by atoms with E-state index in [4.69, 9.17) is 5.11 Å². The maximum absolute atomic E-state index is 10.9. The first kappa shape index (κ1) is 11.4. The quantitative estimate of drug-likeness (QED) is 0.657. The minimum Gasteiger partial charge on any atom is -0.481 e. The number of carboxylic acid groups (broad SMARTS) is 1. The maximum Gasteiger partial charge on any atom is 0.309 e. The molecule has 0 fully saturated rings. The van der Waals surface area contributed by atoms with E-state index in [0.29, 0.717) is 10.8 Å². The van der Waals surface area contributed by atoms with Gasteiger partial charge in [0.05, 0.1) is 18.7 Å². The molecule has 7 heteroatoms. The number of aromatic nitrogens is 1. The Morgan fingerprint density at radius 2 is 2.33 bits per heavy atom. The molecule has 0 unspecified atom stereocenters. The SMILES string of the molecule is CNC(=O)CNc1nc(CC(=O)O)cs1. The Bertz CT molecular complexity index is 364. The lowest BCUT2D eigenvalue weighted by Crippen LogP contribution is -2.26. The van der Waals surface area contributed by atoms with Gasteiger partial charge < -0.3 is 15.7 Å². The molecular formula is C8H11N3O3S. The molecule has 0 saturated heterocycles. The number of carbonyl (C=O) groups excluding carboxylic acids is 1. The summed E-state index contributed by atoms with van der Waals surface area (Å²) in [5, 5.41) is 16.0. The molecule has 0 atom stereocenters. The summed E-state index contributed by atoms with van der Waals surface area (Å²) in [4.78, 5) is 25.3. The van der Waals surface area contributed by atoms with Gasteiger partial charge in [-0.15, -0.1) is 11.3 Å². The van der Waals surface area contributed by atoms with E-state index in [1.54, 1.807) is 12.4 Å². The second-order valence-corrected chi connectivity index (χ2v) is 3.60. The summed E-state index contributed by atoms with van der Waals surface area (Å²) in [5.41, 5.74) is 0.493. The molecule has 0 saturated carbocycles. The lowest BCUT2D eigenvalue weighted by molar-refractivity contribution is -0.136. The van der Waals surface area contributed by atoms with Crippen LogP contribution in [0.5, 0.6) is 0 Å². The number of anilines is 1. The van der Waals surface area contributed by atoms with Crippen molar-refractivity contribution in [1.82, 2.24) is 10.3 Å². The van der Waals surface area contributed by atoms with E-state index < -0.39 is 5.97 Å². The zero-order valence-electron chi connectivity index (χ0n) is 8.11. The summed E-state index contributed by atoms with van der Waals surface area (Å²) in [5.74, 6) is -1.07. The molecule has 1 aromatic heterocycles. The van der Waals surface area contributed by atoms with Crippen LogP contribution in [0, 0.1) is 0 Å². The highest BCUT2D eigenvalue weighted by Gasteiger charge is 2.06. The molecule has 82 valence electrons. The topological polar surface area (TPSA) is 91.3 Å². The van der Waals surface area contributed by atoms with E-state index >= 15 is 0 Å². The van der Waals surface area contributed by atoms with E-state index in [2.05, 4.69) is 15.6 Å². The number of aliphatic carboxylic acids is 1. The van der Waals surface area contributed by atoms with E-state index in [1.807, 2.05) is 0 Å². The standard InChI is InChI=1S/C8H11N3O3S/c1-9-6(12)3-10-8-11-5(4-15-8)2-7(13)14/h4H,2-3H2,1H3,(H,9,12)(H,10,11)(H,13,14). The Labute approximate surface area is 90.3 Å². The van der Waals surface area contributed by atoms with Crippen LogP contribution in [0.1, 0.15) is 5.69 Å². The fraction of sp³-hybridized carbons (Fsp3) is 0.375. The third kappa shape index (κ3) is 3.94. The Kier molecular flexibility index (Phi) is 4.04. The van der Waals surface area contributed by atoms with Crippen molar-refractivity contribution in [3.8, 4) is 0 Å². The zero-order valence-corrected chi connectivity index (χ0v) is 8.93. The van der Waals surface area contributed by atoms with Gasteiger partial charge in [-0.1, -0.05) is 0 Å². The number of amides is 1. The first-order valence-electron chi connectivity index (χ1n) is 4.22. The number of likely N-dealkylation sites (N-methyl/N-ethyl adjacent to an activating group) is 1. The van der Waals surface area contributed by atoms with Crippen LogP contribution < -0.4 is 10.6 Å². The predicted octanol–water partition coefficient (Wildman–Crippen LogP) is -0.0719. The third-order valence-electron chi connectivity index (χ3n) is 1.56. The number of carbonyl (C=O) groups is 2. The number of hydrogen-bond acceptors (Lipinski definition) is 5. The number of nitrogens with zero attached hydrogens (tertiary/aromatic N) is 1. The third-order valence-corrected chi connectivity index (χ3v) is 2.41.